The monoisotopic (exact) mass is 433 g/mol. The molecule has 7 heteroatoms. The van der Waals surface area contributed by atoms with E-state index in [9.17, 15) is 4.79 Å². The van der Waals surface area contributed by atoms with Crippen molar-refractivity contribution in [3.05, 3.63) is 77.3 Å². The Morgan fingerprint density at radius 3 is 2.45 bits per heavy atom. The molecule has 1 saturated heterocycles. The van der Waals surface area contributed by atoms with Gasteiger partial charge in [-0.15, -0.1) is 0 Å². The van der Waals surface area contributed by atoms with E-state index >= 15 is 0 Å². The number of anilines is 2. The highest BCUT2D eigenvalue weighted by Gasteiger charge is 2.15. The molecule has 1 fully saturated rings. The first kappa shape index (κ1) is 19.6. The maximum Gasteiger partial charge on any atom is 0.255 e. The molecule has 1 aromatic heterocycles. The number of carbonyl (C=O) groups excluding carboxylic acids is 1. The van der Waals surface area contributed by atoms with Crippen LogP contribution < -0.4 is 10.2 Å². The zero-order valence-corrected chi connectivity index (χ0v) is 17.4. The molecule has 1 amide bonds. The van der Waals surface area contributed by atoms with Crippen LogP contribution in [0.1, 0.15) is 10.4 Å². The number of hydrogen-bond donors (Lipinski definition) is 1. The fourth-order valence-corrected chi connectivity index (χ4v) is 3.80. The normalized spacial score (nSPS) is 14.0. The molecule has 0 unspecified atom stereocenters. The Morgan fingerprint density at radius 2 is 1.71 bits per heavy atom. The average Bonchev–Trinajstić information content (AvgIpc) is 3.24. The van der Waals surface area contributed by atoms with Crippen LogP contribution in [0.4, 0.5) is 11.4 Å². The highest BCUT2D eigenvalue weighted by Crippen LogP contribution is 2.30. The summed E-state index contributed by atoms with van der Waals surface area (Å²) in [5.41, 5.74) is 3.94. The van der Waals surface area contributed by atoms with Gasteiger partial charge in [0.1, 0.15) is 5.52 Å². The molecule has 5 rings (SSSR count). The number of amides is 1. The van der Waals surface area contributed by atoms with Gasteiger partial charge in [-0.25, -0.2) is 0 Å². The van der Waals surface area contributed by atoms with E-state index < -0.39 is 0 Å². The molecular formula is C24H20ClN3O3. The summed E-state index contributed by atoms with van der Waals surface area (Å²) in [5, 5.41) is 8.49. The largest absolute Gasteiger partial charge is 0.378 e. The first-order valence-corrected chi connectivity index (χ1v) is 10.4. The standard InChI is InChI=1S/C24H20ClN3O3/c25-18-4-1-16(2-5-18)23-21-15-17(3-10-22(21)27-31-23)24(29)26-19-6-8-20(9-7-19)28-11-13-30-14-12-28/h1-10,15H,11-14H2,(H,26,29). The van der Waals surface area contributed by atoms with Crippen LogP contribution in [0, 0.1) is 0 Å². The van der Waals surface area contributed by atoms with E-state index in [1.165, 1.54) is 0 Å². The Labute approximate surface area is 184 Å². The molecule has 1 aliphatic rings. The second kappa shape index (κ2) is 8.41. The van der Waals surface area contributed by atoms with E-state index in [1.807, 2.05) is 36.4 Å². The van der Waals surface area contributed by atoms with Crippen molar-refractivity contribution in [2.45, 2.75) is 0 Å². The summed E-state index contributed by atoms with van der Waals surface area (Å²) in [7, 11) is 0. The Balaban J connectivity index is 1.36. The summed E-state index contributed by atoms with van der Waals surface area (Å²) in [4.78, 5) is 15.1. The van der Waals surface area contributed by atoms with E-state index in [4.69, 9.17) is 20.9 Å². The van der Waals surface area contributed by atoms with Crippen molar-refractivity contribution in [3.63, 3.8) is 0 Å². The zero-order valence-electron chi connectivity index (χ0n) is 16.7. The summed E-state index contributed by atoms with van der Waals surface area (Å²) < 4.78 is 10.9. The van der Waals surface area contributed by atoms with Crippen LogP contribution >= 0.6 is 11.6 Å². The van der Waals surface area contributed by atoms with E-state index in [0.29, 0.717) is 21.9 Å². The van der Waals surface area contributed by atoms with Crippen molar-refractivity contribution in [2.24, 2.45) is 0 Å². The van der Waals surface area contributed by atoms with Gasteiger partial charge in [0.15, 0.2) is 5.76 Å². The highest BCUT2D eigenvalue weighted by atomic mass is 35.5. The number of benzene rings is 3. The zero-order chi connectivity index (χ0) is 21.2. The van der Waals surface area contributed by atoms with E-state index in [0.717, 1.165) is 48.6 Å². The SMILES string of the molecule is O=C(Nc1ccc(N2CCOCC2)cc1)c1ccc2noc(-c3ccc(Cl)cc3)c2c1. The van der Waals surface area contributed by atoms with Crippen LogP contribution in [0.25, 0.3) is 22.2 Å². The number of hydrogen-bond acceptors (Lipinski definition) is 5. The molecule has 1 aliphatic heterocycles. The third-order valence-corrected chi connectivity index (χ3v) is 5.60. The number of halogens is 1. The second-order valence-corrected chi connectivity index (χ2v) is 7.79. The molecule has 31 heavy (non-hydrogen) atoms. The Kier molecular flexibility index (Phi) is 5.32. The lowest BCUT2D eigenvalue weighted by atomic mass is 10.1. The predicted octanol–water partition coefficient (Wildman–Crippen LogP) is 5.24. The first-order valence-electron chi connectivity index (χ1n) is 10.1. The third-order valence-electron chi connectivity index (χ3n) is 5.35. The van der Waals surface area contributed by atoms with Crippen molar-refractivity contribution < 1.29 is 14.1 Å². The molecule has 156 valence electrons. The van der Waals surface area contributed by atoms with Gasteiger partial charge in [-0.3, -0.25) is 4.79 Å². The fraction of sp³-hybridized carbons (Fsp3) is 0.167. The number of morpholine rings is 1. The van der Waals surface area contributed by atoms with E-state index in [2.05, 4.69) is 15.4 Å². The molecule has 0 atom stereocenters. The Bertz CT molecular complexity index is 1210. The molecule has 0 bridgehead atoms. The molecule has 1 N–H and O–H groups in total. The number of carbonyl (C=O) groups is 1. The van der Waals surface area contributed by atoms with E-state index in [1.54, 1.807) is 30.3 Å². The summed E-state index contributed by atoms with van der Waals surface area (Å²) in [6.45, 7) is 3.23. The molecule has 2 heterocycles. The first-order chi connectivity index (χ1) is 15.2. The van der Waals surface area contributed by atoms with Crippen LogP contribution in [0.5, 0.6) is 0 Å². The van der Waals surface area contributed by atoms with Gasteiger partial charge >= 0.3 is 0 Å². The summed E-state index contributed by atoms with van der Waals surface area (Å²) in [6.07, 6.45) is 0. The van der Waals surface area contributed by atoms with Crippen LogP contribution in [0.2, 0.25) is 5.02 Å². The number of aromatic nitrogens is 1. The van der Waals surface area contributed by atoms with Gasteiger partial charge in [0.05, 0.1) is 18.6 Å². The van der Waals surface area contributed by atoms with Crippen molar-refractivity contribution >= 4 is 39.8 Å². The van der Waals surface area contributed by atoms with Crippen molar-refractivity contribution in [1.29, 1.82) is 0 Å². The number of fused-ring (bicyclic) bond motifs is 1. The Hall–Kier alpha value is -3.35. The predicted molar refractivity (Wildman–Crippen MR) is 122 cm³/mol. The van der Waals surface area contributed by atoms with Gasteiger partial charge < -0.3 is 19.5 Å². The fourth-order valence-electron chi connectivity index (χ4n) is 3.67. The van der Waals surface area contributed by atoms with Crippen molar-refractivity contribution in [2.75, 3.05) is 36.5 Å². The van der Waals surface area contributed by atoms with Crippen LogP contribution in [-0.4, -0.2) is 37.4 Å². The molecule has 0 spiro atoms. The van der Waals surface area contributed by atoms with Gasteiger partial charge in [-0.2, -0.15) is 0 Å². The van der Waals surface area contributed by atoms with Crippen molar-refractivity contribution in [1.82, 2.24) is 5.16 Å². The molecule has 4 aromatic rings. The van der Waals surface area contributed by atoms with Gasteiger partial charge in [0.25, 0.3) is 5.91 Å². The lowest BCUT2D eigenvalue weighted by Gasteiger charge is -2.28. The molecule has 0 saturated carbocycles. The van der Waals surface area contributed by atoms with Crippen molar-refractivity contribution in [3.8, 4) is 11.3 Å². The molecule has 0 radical (unpaired) electrons. The van der Waals surface area contributed by atoms with Gasteiger partial charge in [-0.05, 0) is 66.7 Å². The minimum atomic E-state index is -0.190. The van der Waals surface area contributed by atoms with Gasteiger partial charge in [0.2, 0.25) is 0 Å². The van der Waals surface area contributed by atoms with Gasteiger partial charge in [-0.1, -0.05) is 16.8 Å². The summed E-state index contributed by atoms with van der Waals surface area (Å²) >= 11 is 5.98. The number of nitrogens with one attached hydrogen (secondary N) is 1. The van der Waals surface area contributed by atoms with E-state index in [-0.39, 0.29) is 5.91 Å². The van der Waals surface area contributed by atoms with Crippen LogP contribution in [-0.2, 0) is 4.74 Å². The average molecular weight is 434 g/mol. The summed E-state index contributed by atoms with van der Waals surface area (Å²) in [5.74, 6) is 0.417. The molecular weight excluding hydrogens is 414 g/mol. The van der Waals surface area contributed by atoms with Gasteiger partial charge in [0, 0.05) is 40.6 Å². The molecule has 0 aliphatic carbocycles. The lowest BCUT2D eigenvalue weighted by Crippen LogP contribution is -2.36. The Morgan fingerprint density at radius 1 is 0.968 bits per heavy atom. The number of ether oxygens (including phenoxy) is 1. The topological polar surface area (TPSA) is 67.6 Å². The minimum absolute atomic E-state index is 0.190. The third kappa shape index (κ3) is 4.13. The van der Waals surface area contributed by atoms with Crippen LogP contribution in [0.15, 0.2) is 71.3 Å². The quantitative estimate of drug-likeness (QED) is 0.477. The second-order valence-electron chi connectivity index (χ2n) is 7.35. The number of rotatable bonds is 4. The molecule has 6 nitrogen and oxygen atoms in total. The summed E-state index contributed by atoms with van der Waals surface area (Å²) in [6, 6.07) is 20.5. The number of nitrogens with zero attached hydrogens (tertiary/aromatic N) is 2. The highest BCUT2D eigenvalue weighted by molar-refractivity contribution is 6.30. The smallest absolute Gasteiger partial charge is 0.255 e. The molecule has 3 aromatic carbocycles. The lowest BCUT2D eigenvalue weighted by molar-refractivity contribution is 0.102. The maximum absolute atomic E-state index is 12.9. The van der Waals surface area contributed by atoms with Crippen LogP contribution in [0.3, 0.4) is 0 Å². The minimum Gasteiger partial charge on any atom is -0.378 e. The maximum atomic E-state index is 12.9.